The van der Waals surface area contributed by atoms with E-state index in [0.29, 0.717) is 0 Å². The number of rotatable bonds is 3. The zero-order valence-electron chi connectivity index (χ0n) is 15.4. The highest BCUT2D eigenvalue weighted by Crippen LogP contribution is 2.27. The number of piperazine rings is 1. The molecule has 1 fully saturated rings. The highest BCUT2D eigenvalue weighted by atomic mass is 35.5. The van der Waals surface area contributed by atoms with E-state index in [9.17, 15) is 0 Å². The third-order valence-electron chi connectivity index (χ3n) is 4.68. The fourth-order valence-electron chi connectivity index (χ4n) is 3.19. The number of methoxy groups -OCH3 is 1. The molecule has 1 N–H and O–H groups in total. The first-order valence-electron chi connectivity index (χ1n) is 8.69. The van der Waals surface area contributed by atoms with Gasteiger partial charge in [-0.15, -0.1) is 0 Å². The molecule has 0 bridgehead atoms. The molecule has 138 valence electrons. The van der Waals surface area contributed by atoms with Crippen LogP contribution in [0.4, 0.5) is 11.4 Å². The van der Waals surface area contributed by atoms with Gasteiger partial charge in [-0.25, -0.2) is 0 Å². The third-order valence-corrected chi connectivity index (χ3v) is 5.27. The predicted octanol–water partition coefficient (Wildman–Crippen LogP) is 4.48. The first-order chi connectivity index (χ1) is 12.5. The molecule has 0 aliphatic carbocycles. The molecule has 2 aromatic rings. The summed E-state index contributed by atoms with van der Waals surface area (Å²) in [5.41, 5.74) is 4.52. The molecule has 26 heavy (non-hydrogen) atoms. The summed E-state index contributed by atoms with van der Waals surface area (Å²) < 4.78 is 5.43. The summed E-state index contributed by atoms with van der Waals surface area (Å²) in [6, 6.07) is 12.1. The minimum Gasteiger partial charge on any atom is -0.495 e. The van der Waals surface area contributed by atoms with Gasteiger partial charge in [0.15, 0.2) is 5.11 Å². The lowest BCUT2D eigenvalue weighted by Gasteiger charge is -2.38. The summed E-state index contributed by atoms with van der Waals surface area (Å²) in [6.45, 7) is 7.73. The van der Waals surface area contributed by atoms with Crippen molar-refractivity contribution in [3.05, 3.63) is 52.5 Å². The summed E-state index contributed by atoms with van der Waals surface area (Å²) in [7, 11) is 1.67. The number of nitrogens with zero attached hydrogens (tertiary/aromatic N) is 2. The smallest absolute Gasteiger partial charge is 0.173 e. The molecule has 4 nitrogen and oxygen atoms in total. The standard InChI is InChI=1S/C20H24ClN3OS/c1-14-4-7-19(25-3)17(12-14)22-20(26)24-10-8-23(9-11-24)18-13-16(21)6-5-15(18)2/h4-7,12-13H,8-11H2,1-3H3,(H,22,26). The Morgan fingerprint density at radius 2 is 1.81 bits per heavy atom. The Kier molecular flexibility index (Phi) is 5.89. The Morgan fingerprint density at radius 3 is 2.50 bits per heavy atom. The van der Waals surface area contributed by atoms with Gasteiger partial charge in [0.25, 0.3) is 0 Å². The normalized spacial score (nSPS) is 14.3. The van der Waals surface area contributed by atoms with Crippen molar-refractivity contribution in [2.24, 2.45) is 0 Å². The lowest BCUT2D eigenvalue weighted by atomic mass is 10.1. The average Bonchev–Trinajstić information content (AvgIpc) is 2.64. The van der Waals surface area contributed by atoms with Crippen LogP contribution >= 0.6 is 23.8 Å². The summed E-state index contributed by atoms with van der Waals surface area (Å²) >= 11 is 11.8. The molecule has 0 unspecified atom stereocenters. The molecule has 1 saturated heterocycles. The molecule has 0 atom stereocenters. The van der Waals surface area contributed by atoms with Gasteiger partial charge in [0.1, 0.15) is 5.75 Å². The van der Waals surface area contributed by atoms with Crippen molar-refractivity contribution in [2.45, 2.75) is 13.8 Å². The van der Waals surface area contributed by atoms with Gasteiger partial charge in [-0.3, -0.25) is 0 Å². The summed E-state index contributed by atoms with van der Waals surface area (Å²) in [5.74, 6) is 0.797. The monoisotopic (exact) mass is 389 g/mol. The fourth-order valence-corrected chi connectivity index (χ4v) is 3.65. The fraction of sp³-hybridized carbons (Fsp3) is 0.350. The lowest BCUT2D eigenvalue weighted by molar-refractivity contribution is 0.390. The Bertz CT molecular complexity index is 804. The third kappa shape index (κ3) is 4.22. The maximum absolute atomic E-state index is 6.17. The van der Waals surface area contributed by atoms with Crippen LogP contribution in [0.2, 0.25) is 5.02 Å². The Balaban J connectivity index is 1.64. The molecule has 1 aliphatic heterocycles. The maximum atomic E-state index is 6.17. The van der Waals surface area contributed by atoms with Crippen LogP contribution in [0.15, 0.2) is 36.4 Å². The summed E-state index contributed by atoms with van der Waals surface area (Å²) in [6.07, 6.45) is 0. The lowest BCUT2D eigenvalue weighted by Crippen LogP contribution is -2.50. The first-order valence-corrected chi connectivity index (χ1v) is 9.48. The van der Waals surface area contributed by atoms with Crippen molar-refractivity contribution in [1.29, 1.82) is 0 Å². The molecule has 0 amide bonds. The minimum atomic E-state index is 0.733. The number of anilines is 2. The van der Waals surface area contributed by atoms with Crippen molar-refractivity contribution in [3.63, 3.8) is 0 Å². The van der Waals surface area contributed by atoms with E-state index in [-0.39, 0.29) is 0 Å². The maximum Gasteiger partial charge on any atom is 0.173 e. The van der Waals surface area contributed by atoms with Crippen LogP contribution < -0.4 is 15.0 Å². The van der Waals surface area contributed by atoms with Crippen LogP contribution in [0.3, 0.4) is 0 Å². The second kappa shape index (κ2) is 8.14. The van der Waals surface area contributed by atoms with E-state index >= 15 is 0 Å². The Hall–Kier alpha value is -1.98. The van der Waals surface area contributed by atoms with E-state index in [4.69, 9.17) is 28.6 Å². The van der Waals surface area contributed by atoms with Crippen LogP contribution in [0.1, 0.15) is 11.1 Å². The molecule has 2 aromatic carbocycles. The van der Waals surface area contributed by atoms with E-state index in [1.165, 1.54) is 11.3 Å². The second-order valence-electron chi connectivity index (χ2n) is 6.54. The number of ether oxygens (including phenoxy) is 1. The quantitative estimate of drug-likeness (QED) is 0.781. The molecule has 0 aromatic heterocycles. The van der Waals surface area contributed by atoms with Crippen molar-refractivity contribution < 1.29 is 4.74 Å². The average molecular weight is 390 g/mol. The molecule has 1 aliphatic rings. The number of thiocarbonyl (C=S) groups is 1. The van der Waals surface area contributed by atoms with Gasteiger partial charge < -0.3 is 19.9 Å². The SMILES string of the molecule is COc1ccc(C)cc1NC(=S)N1CCN(c2cc(Cl)ccc2C)CC1. The van der Waals surface area contributed by atoms with E-state index in [0.717, 1.165) is 53.3 Å². The van der Waals surface area contributed by atoms with E-state index in [1.807, 2.05) is 24.3 Å². The van der Waals surface area contributed by atoms with E-state index in [2.05, 4.69) is 41.1 Å². The topological polar surface area (TPSA) is 27.7 Å². The zero-order chi connectivity index (χ0) is 18.7. The number of halogens is 1. The molecular weight excluding hydrogens is 366 g/mol. The van der Waals surface area contributed by atoms with E-state index < -0.39 is 0 Å². The minimum absolute atomic E-state index is 0.733. The van der Waals surface area contributed by atoms with Gasteiger partial charge in [-0.05, 0) is 61.5 Å². The Morgan fingerprint density at radius 1 is 1.08 bits per heavy atom. The number of hydrogen-bond acceptors (Lipinski definition) is 3. The molecule has 3 rings (SSSR count). The molecular formula is C20H24ClN3OS. The number of nitrogens with one attached hydrogen (secondary N) is 1. The number of aryl methyl sites for hydroxylation is 2. The van der Waals surface area contributed by atoms with Gasteiger partial charge >= 0.3 is 0 Å². The molecule has 0 radical (unpaired) electrons. The van der Waals surface area contributed by atoms with Crippen molar-refractivity contribution in [1.82, 2.24) is 4.90 Å². The van der Waals surface area contributed by atoms with Crippen molar-refractivity contribution in [2.75, 3.05) is 43.5 Å². The highest BCUT2D eigenvalue weighted by molar-refractivity contribution is 7.80. The molecule has 6 heteroatoms. The second-order valence-corrected chi connectivity index (χ2v) is 7.36. The van der Waals surface area contributed by atoms with E-state index in [1.54, 1.807) is 7.11 Å². The van der Waals surface area contributed by atoms with Crippen LogP contribution in [0, 0.1) is 13.8 Å². The van der Waals surface area contributed by atoms with Crippen LogP contribution in [0.5, 0.6) is 5.75 Å². The van der Waals surface area contributed by atoms with Crippen LogP contribution in [-0.4, -0.2) is 43.3 Å². The number of benzene rings is 2. The van der Waals surface area contributed by atoms with Gasteiger partial charge in [-0.2, -0.15) is 0 Å². The summed E-state index contributed by atoms with van der Waals surface area (Å²) in [5, 5.41) is 4.85. The van der Waals surface area contributed by atoms with Gasteiger partial charge in [0.05, 0.1) is 12.8 Å². The Labute approximate surface area is 165 Å². The largest absolute Gasteiger partial charge is 0.495 e. The van der Waals surface area contributed by atoms with Gasteiger partial charge in [0.2, 0.25) is 0 Å². The van der Waals surface area contributed by atoms with Crippen LogP contribution in [0.25, 0.3) is 0 Å². The van der Waals surface area contributed by atoms with Crippen LogP contribution in [-0.2, 0) is 0 Å². The van der Waals surface area contributed by atoms with Gasteiger partial charge in [0, 0.05) is 36.9 Å². The number of hydrogen-bond donors (Lipinski definition) is 1. The highest BCUT2D eigenvalue weighted by Gasteiger charge is 2.21. The predicted molar refractivity (Wildman–Crippen MR) is 114 cm³/mol. The molecule has 0 spiro atoms. The van der Waals surface area contributed by atoms with Gasteiger partial charge in [-0.1, -0.05) is 23.7 Å². The zero-order valence-corrected chi connectivity index (χ0v) is 17.0. The van der Waals surface area contributed by atoms with Crippen molar-refractivity contribution >= 4 is 40.3 Å². The summed E-state index contributed by atoms with van der Waals surface area (Å²) in [4.78, 5) is 4.57. The first kappa shape index (κ1) is 18.8. The molecule has 1 heterocycles. The molecule has 0 saturated carbocycles. The van der Waals surface area contributed by atoms with Crippen molar-refractivity contribution in [3.8, 4) is 5.75 Å².